The lowest BCUT2D eigenvalue weighted by Crippen LogP contribution is -2.47. The second-order valence-corrected chi connectivity index (χ2v) is 5.88. The number of aromatic nitrogens is 2. The van der Waals surface area contributed by atoms with E-state index in [4.69, 9.17) is 4.74 Å². The van der Waals surface area contributed by atoms with E-state index in [1.807, 2.05) is 0 Å². The van der Waals surface area contributed by atoms with Crippen molar-refractivity contribution >= 4 is 17.6 Å². The molecule has 0 bridgehead atoms. The van der Waals surface area contributed by atoms with E-state index in [2.05, 4.69) is 5.10 Å². The highest BCUT2D eigenvalue weighted by Crippen LogP contribution is 2.32. The van der Waals surface area contributed by atoms with Gasteiger partial charge in [0.1, 0.15) is 11.3 Å². The molecule has 9 heteroatoms. The molecule has 26 heavy (non-hydrogen) atoms. The average Bonchev–Trinajstić information content (AvgIpc) is 2.99. The molecule has 6 nitrogen and oxygen atoms in total. The molecule has 0 saturated heterocycles. The maximum Gasteiger partial charge on any atom is 0.416 e. The van der Waals surface area contributed by atoms with Crippen LogP contribution in [0, 0.1) is 0 Å². The topological polar surface area (TPSA) is 64.4 Å². The van der Waals surface area contributed by atoms with Gasteiger partial charge in [0.15, 0.2) is 0 Å². The molecule has 138 valence electrons. The number of nitrogens with zero attached hydrogens (tertiary/aromatic N) is 3. The van der Waals surface area contributed by atoms with Gasteiger partial charge in [-0.25, -0.2) is 4.79 Å². The Morgan fingerprint density at radius 3 is 2.54 bits per heavy atom. The van der Waals surface area contributed by atoms with E-state index in [-0.39, 0.29) is 23.9 Å². The van der Waals surface area contributed by atoms with E-state index >= 15 is 0 Å². The SMILES string of the molecule is CCOC(=O)c1cnn2c1C(=O)N(c1ccc(C(F)(F)F)cc1)C(C)C2. The van der Waals surface area contributed by atoms with Crippen LogP contribution < -0.4 is 4.90 Å². The van der Waals surface area contributed by atoms with Gasteiger partial charge in [0.05, 0.1) is 31.0 Å². The van der Waals surface area contributed by atoms with Crippen LogP contribution in [-0.2, 0) is 17.5 Å². The first kappa shape index (κ1) is 18.0. The van der Waals surface area contributed by atoms with Crippen LogP contribution in [0.5, 0.6) is 0 Å². The minimum atomic E-state index is -4.45. The predicted octanol–water partition coefficient (Wildman–Crippen LogP) is 3.13. The standard InChI is InChI=1S/C17H16F3N3O3/c1-3-26-16(25)13-8-21-22-9-10(2)23(15(24)14(13)22)12-6-4-11(5-7-12)17(18,19)20/h4-8,10H,3,9H2,1-2H3. The fourth-order valence-corrected chi connectivity index (χ4v) is 2.94. The molecule has 1 aliphatic rings. The van der Waals surface area contributed by atoms with Gasteiger partial charge in [-0.2, -0.15) is 18.3 Å². The molecule has 3 rings (SSSR count). The summed E-state index contributed by atoms with van der Waals surface area (Å²) in [4.78, 5) is 26.3. The van der Waals surface area contributed by atoms with Crippen molar-refractivity contribution in [2.24, 2.45) is 0 Å². The third-order valence-corrected chi connectivity index (χ3v) is 4.11. The van der Waals surface area contributed by atoms with Crippen LogP contribution in [0.25, 0.3) is 0 Å². The van der Waals surface area contributed by atoms with Crippen molar-refractivity contribution in [3.8, 4) is 0 Å². The van der Waals surface area contributed by atoms with Crippen molar-refractivity contribution in [2.45, 2.75) is 32.6 Å². The Labute approximate surface area is 147 Å². The first-order valence-corrected chi connectivity index (χ1v) is 7.97. The summed E-state index contributed by atoms with van der Waals surface area (Å²) in [6.45, 7) is 3.86. The molecule has 1 unspecified atom stereocenters. The molecule has 1 aromatic heterocycles. The summed E-state index contributed by atoms with van der Waals surface area (Å²) in [5.74, 6) is -1.17. The van der Waals surface area contributed by atoms with Gasteiger partial charge in [0.25, 0.3) is 5.91 Å². The number of carbonyl (C=O) groups is 2. The quantitative estimate of drug-likeness (QED) is 0.782. The zero-order valence-electron chi connectivity index (χ0n) is 14.1. The summed E-state index contributed by atoms with van der Waals surface area (Å²) in [7, 11) is 0. The first-order chi connectivity index (χ1) is 12.2. The van der Waals surface area contributed by atoms with Crippen molar-refractivity contribution in [1.82, 2.24) is 9.78 Å². The minimum absolute atomic E-state index is 0.0423. The van der Waals surface area contributed by atoms with E-state index in [1.165, 1.54) is 27.9 Å². The number of rotatable bonds is 3. The van der Waals surface area contributed by atoms with Crippen LogP contribution >= 0.6 is 0 Å². The number of benzene rings is 1. The van der Waals surface area contributed by atoms with Gasteiger partial charge in [-0.05, 0) is 38.1 Å². The van der Waals surface area contributed by atoms with Crippen LogP contribution in [0.1, 0.15) is 40.3 Å². The third kappa shape index (κ3) is 3.04. The van der Waals surface area contributed by atoms with E-state index in [0.29, 0.717) is 12.2 Å². The predicted molar refractivity (Wildman–Crippen MR) is 85.9 cm³/mol. The Hall–Kier alpha value is -2.84. The summed E-state index contributed by atoms with van der Waals surface area (Å²) < 4.78 is 44.6. The molecular weight excluding hydrogens is 351 g/mol. The van der Waals surface area contributed by atoms with E-state index in [1.54, 1.807) is 13.8 Å². The molecule has 1 amide bonds. The minimum Gasteiger partial charge on any atom is -0.462 e. The summed E-state index contributed by atoms with van der Waals surface area (Å²) >= 11 is 0. The normalized spacial score (nSPS) is 17.2. The van der Waals surface area contributed by atoms with Crippen LogP contribution in [0.4, 0.5) is 18.9 Å². The van der Waals surface area contributed by atoms with Crippen LogP contribution in [0.3, 0.4) is 0 Å². The number of halogens is 3. The highest BCUT2D eigenvalue weighted by molar-refractivity contribution is 6.12. The highest BCUT2D eigenvalue weighted by atomic mass is 19.4. The van der Waals surface area contributed by atoms with Crippen LogP contribution in [0.2, 0.25) is 0 Å². The van der Waals surface area contributed by atoms with Gasteiger partial charge in [-0.1, -0.05) is 0 Å². The zero-order valence-corrected chi connectivity index (χ0v) is 14.1. The van der Waals surface area contributed by atoms with Crippen LogP contribution in [0.15, 0.2) is 30.5 Å². The number of hydrogen-bond acceptors (Lipinski definition) is 4. The fourth-order valence-electron chi connectivity index (χ4n) is 2.94. The molecular formula is C17H16F3N3O3. The molecule has 0 N–H and O–H groups in total. The Balaban J connectivity index is 1.97. The monoisotopic (exact) mass is 367 g/mol. The second-order valence-electron chi connectivity index (χ2n) is 5.88. The molecule has 1 atom stereocenters. The van der Waals surface area contributed by atoms with Crippen molar-refractivity contribution in [3.05, 3.63) is 47.3 Å². The van der Waals surface area contributed by atoms with Crippen LogP contribution in [-0.4, -0.2) is 34.3 Å². The molecule has 1 aromatic carbocycles. The fraction of sp³-hybridized carbons (Fsp3) is 0.353. The molecule has 0 saturated carbocycles. The van der Waals surface area contributed by atoms with Crippen molar-refractivity contribution in [3.63, 3.8) is 0 Å². The zero-order chi connectivity index (χ0) is 19.1. The lowest BCUT2D eigenvalue weighted by Gasteiger charge is -2.34. The molecule has 0 radical (unpaired) electrons. The van der Waals surface area contributed by atoms with Gasteiger partial charge < -0.3 is 9.64 Å². The van der Waals surface area contributed by atoms with Gasteiger partial charge in [0, 0.05) is 5.69 Å². The van der Waals surface area contributed by atoms with Gasteiger partial charge in [0.2, 0.25) is 0 Å². The van der Waals surface area contributed by atoms with Crippen molar-refractivity contribution < 1.29 is 27.5 Å². The molecule has 0 aliphatic carbocycles. The Kier molecular flexibility index (Phi) is 4.47. The van der Waals surface area contributed by atoms with Crippen molar-refractivity contribution in [1.29, 1.82) is 0 Å². The third-order valence-electron chi connectivity index (χ3n) is 4.11. The largest absolute Gasteiger partial charge is 0.462 e. The number of hydrogen-bond donors (Lipinski definition) is 0. The maximum absolute atomic E-state index is 12.9. The lowest BCUT2D eigenvalue weighted by molar-refractivity contribution is -0.137. The molecule has 2 heterocycles. The average molecular weight is 367 g/mol. The number of carbonyl (C=O) groups excluding carboxylic acids is 2. The summed E-state index contributed by atoms with van der Waals surface area (Å²) in [6, 6.07) is 3.99. The number of anilines is 1. The van der Waals surface area contributed by atoms with Gasteiger partial charge in [-0.15, -0.1) is 0 Å². The summed E-state index contributed by atoms with van der Waals surface area (Å²) in [5, 5.41) is 4.05. The Morgan fingerprint density at radius 2 is 1.96 bits per heavy atom. The van der Waals surface area contributed by atoms with E-state index in [9.17, 15) is 22.8 Å². The first-order valence-electron chi connectivity index (χ1n) is 7.97. The number of ether oxygens (including phenoxy) is 1. The van der Waals surface area contributed by atoms with E-state index < -0.39 is 23.6 Å². The molecule has 2 aromatic rings. The molecule has 0 spiro atoms. The van der Waals surface area contributed by atoms with Gasteiger partial charge >= 0.3 is 12.1 Å². The molecule has 1 aliphatic heterocycles. The van der Waals surface area contributed by atoms with Gasteiger partial charge in [-0.3, -0.25) is 9.48 Å². The number of amides is 1. The Bertz CT molecular complexity index is 843. The summed E-state index contributed by atoms with van der Waals surface area (Å²) in [5.41, 5.74) is -0.365. The Morgan fingerprint density at radius 1 is 1.31 bits per heavy atom. The highest BCUT2D eigenvalue weighted by Gasteiger charge is 2.37. The summed E-state index contributed by atoms with van der Waals surface area (Å²) in [6.07, 6.45) is -3.18. The maximum atomic E-state index is 12.9. The second kappa shape index (κ2) is 6.47. The number of fused-ring (bicyclic) bond motifs is 1. The van der Waals surface area contributed by atoms with E-state index in [0.717, 1.165) is 12.1 Å². The smallest absolute Gasteiger partial charge is 0.416 e. The van der Waals surface area contributed by atoms with Crippen molar-refractivity contribution in [2.75, 3.05) is 11.5 Å². The number of esters is 1. The lowest BCUT2D eigenvalue weighted by atomic mass is 10.1. The molecule has 0 fully saturated rings. The number of alkyl halides is 3.